The van der Waals surface area contributed by atoms with E-state index in [4.69, 9.17) is 0 Å². The van der Waals surface area contributed by atoms with Crippen molar-refractivity contribution in [2.75, 3.05) is 6.54 Å². The molecule has 72 valence electrons. The van der Waals surface area contributed by atoms with Gasteiger partial charge in [-0.2, -0.15) is 0 Å². The molecule has 0 saturated carbocycles. The lowest BCUT2D eigenvalue weighted by Gasteiger charge is -2.04. The van der Waals surface area contributed by atoms with E-state index in [0.717, 1.165) is 30.6 Å². The second-order valence-electron chi connectivity index (χ2n) is 3.06. The van der Waals surface area contributed by atoms with Crippen LogP contribution in [0, 0.1) is 5.82 Å². The molecule has 0 amide bonds. The van der Waals surface area contributed by atoms with Crippen LogP contribution >= 0.6 is 0 Å². The quantitative estimate of drug-likeness (QED) is 0.752. The van der Waals surface area contributed by atoms with Gasteiger partial charge in [-0.15, -0.1) is 0 Å². The molecular weight excluding hydrogens is 165 g/mol. The molecule has 0 fully saturated rings. The van der Waals surface area contributed by atoms with Gasteiger partial charge in [0.05, 0.1) is 0 Å². The first-order valence-corrected chi connectivity index (χ1v) is 4.76. The maximum absolute atomic E-state index is 13.2. The van der Waals surface area contributed by atoms with E-state index in [0.29, 0.717) is 0 Å². The summed E-state index contributed by atoms with van der Waals surface area (Å²) in [4.78, 5) is 0. The van der Waals surface area contributed by atoms with Gasteiger partial charge in [-0.25, -0.2) is 4.39 Å². The Hall–Kier alpha value is -0.890. The molecule has 0 heterocycles. The van der Waals surface area contributed by atoms with E-state index in [1.807, 2.05) is 26.0 Å². The van der Waals surface area contributed by atoms with Crippen molar-refractivity contribution in [3.8, 4) is 0 Å². The predicted molar refractivity (Wildman–Crippen MR) is 53.2 cm³/mol. The maximum Gasteiger partial charge on any atom is 0.126 e. The van der Waals surface area contributed by atoms with Gasteiger partial charge in [0, 0.05) is 6.54 Å². The molecule has 0 saturated heterocycles. The van der Waals surface area contributed by atoms with Gasteiger partial charge in [0.1, 0.15) is 5.82 Å². The van der Waals surface area contributed by atoms with Crippen molar-refractivity contribution < 1.29 is 4.39 Å². The highest BCUT2D eigenvalue weighted by Crippen LogP contribution is 2.10. The van der Waals surface area contributed by atoms with E-state index in [-0.39, 0.29) is 5.82 Å². The van der Waals surface area contributed by atoms with Crippen LogP contribution in [0.2, 0.25) is 0 Å². The predicted octanol–water partition coefficient (Wildman–Crippen LogP) is 2.50. The van der Waals surface area contributed by atoms with Gasteiger partial charge < -0.3 is 5.32 Å². The first-order valence-electron chi connectivity index (χ1n) is 4.76. The van der Waals surface area contributed by atoms with E-state index in [9.17, 15) is 4.39 Å². The SMILES string of the molecule is CCNCc1ccc(CC)c(F)c1. The highest BCUT2D eigenvalue weighted by Gasteiger charge is 2.00. The van der Waals surface area contributed by atoms with E-state index in [2.05, 4.69) is 5.32 Å². The van der Waals surface area contributed by atoms with Gasteiger partial charge in [-0.1, -0.05) is 26.0 Å². The lowest BCUT2D eigenvalue weighted by atomic mass is 10.1. The van der Waals surface area contributed by atoms with E-state index in [1.54, 1.807) is 6.07 Å². The first kappa shape index (κ1) is 10.2. The molecule has 1 nitrogen and oxygen atoms in total. The van der Waals surface area contributed by atoms with Crippen molar-refractivity contribution in [2.45, 2.75) is 26.8 Å². The molecule has 0 bridgehead atoms. The summed E-state index contributed by atoms with van der Waals surface area (Å²) in [5.74, 6) is -0.0853. The molecule has 0 aliphatic carbocycles. The van der Waals surface area contributed by atoms with Crippen LogP contribution in [-0.2, 0) is 13.0 Å². The minimum absolute atomic E-state index is 0.0853. The Morgan fingerprint density at radius 2 is 2.08 bits per heavy atom. The van der Waals surface area contributed by atoms with Crippen molar-refractivity contribution in [3.63, 3.8) is 0 Å². The summed E-state index contributed by atoms with van der Waals surface area (Å²) in [6, 6.07) is 5.45. The Morgan fingerprint density at radius 3 is 2.62 bits per heavy atom. The van der Waals surface area contributed by atoms with Crippen LogP contribution in [0.5, 0.6) is 0 Å². The Kier molecular flexibility index (Phi) is 3.90. The Bertz CT molecular complexity index is 271. The molecule has 2 heteroatoms. The Labute approximate surface area is 79.0 Å². The lowest BCUT2D eigenvalue weighted by molar-refractivity contribution is 0.607. The molecule has 1 aromatic rings. The fourth-order valence-corrected chi connectivity index (χ4v) is 1.26. The van der Waals surface area contributed by atoms with E-state index in [1.165, 1.54) is 0 Å². The zero-order valence-electron chi connectivity index (χ0n) is 8.23. The molecule has 13 heavy (non-hydrogen) atoms. The van der Waals surface area contributed by atoms with Gasteiger partial charge in [-0.3, -0.25) is 0 Å². The average molecular weight is 181 g/mol. The van der Waals surface area contributed by atoms with Crippen LogP contribution in [0.4, 0.5) is 4.39 Å². The van der Waals surface area contributed by atoms with Gasteiger partial charge in [0.2, 0.25) is 0 Å². The van der Waals surface area contributed by atoms with Gasteiger partial charge in [0.15, 0.2) is 0 Å². The summed E-state index contributed by atoms with van der Waals surface area (Å²) < 4.78 is 13.2. The first-order chi connectivity index (χ1) is 6.27. The molecule has 0 atom stereocenters. The molecule has 0 unspecified atom stereocenters. The van der Waals surface area contributed by atoms with Crippen LogP contribution in [0.1, 0.15) is 25.0 Å². The highest BCUT2D eigenvalue weighted by molar-refractivity contribution is 5.24. The van der Waals surface area contributed by atoms with Crippen molar-refractivity contribution >= 4 is 0 Å². The van der Waals surface area contributed by atoms with Crippen LogP contribution in [0.15, 0.2) is 18.2 Å². The molecule has 0 aliphatic heterocycles. The molecule has 0 aliphatic rings. The third-order valence-corrected chi connectivity index (χ3v) is 2.08. The van der Waals surface area contributed by atoms with Gasteiger partial charge in [0.25, 0.3) is 0 Å². The third kappa shape index (κ3) is 2.81. The standard InChI is InChI=1S/C11H16FN/c1-3-10-6-5-9(7-11(10)12)8-13-4-2/h5-7,13H,3-4,8H2,1-2H3. The van der Waals surface area contributed by atoms with Crippen molar-refractivity contribution in [3.05, 3.63) is 35.1 Å². The zero-order chi connectivity index (χ0) is 9.68. The summed E-state index contributed by atoms with van der Waals surface area (Å²) in [6.45, 7) is 5.66. The number of rotatable bonds is 4. The van der Waals surface area contributed by atoms with E-state index >= 15 is 0 Å². The van der Waals surface area contributed by atoms with Crippen LogP contribution in [-0.4, -0.2) is 6.54 Å². The number of benzene rings is 1. The molecule has 1 aromatic carbocycles. The Balaban J connectivity index is 2.71. The fraction of sp³-hybridized carbons (Fsp3) is 0.455. The minimum atomic E-state index is -0.0853. The summed E-state index contributed by atoms with van der Waals surface area (Å²) in [6.07, 6.45) is 0.757. The van der Waals surface area contributed by atoms with Crippen molar-refractivity contribution in [1.82, 2.24) is 5.32 Å². The Morgan fingerprint density at radius 1 is 1.31 bits per heavy atom. The summed E-state index contributed by atoms with van der Waals surface area (Å²) in [5, 5.41) is 3.16. The second-order valence-corrected chi connectivity index (χ2v) is 3.06. The largest absolute Gasteiger partial charge is 0.313 e. The topological polar surface area (TPSA) is 12.0 Å². The van der Waals surface area contributed by atoms with Crippen LogP contribution in [0.3, 0.4) is 0 Å². The summed E-state index contributed by atoms with van der Waals surface area (Å²) >= 11 is 0. The average Bonchev–Trinajstić information content (AvgIpc) is 2.15. The molecule has 1 rings (SSSR count). The van der Waals surface area contributed by atoms with Crippen molar-refractivity contribution in [1.29, 1.82) is 0 Å². The fourth-order valence-electron chi connectivity index (χ4n) is 1.26. The van der Waals surface area contributed by atoms with Crippen LogP contribution < -0.4 is 5.32 Å². The third-order valence-electron chi connectivity index (χ3n) is 2.08. The number of aryl methyl sites for hydroxylation is 1. The van der Waals surface area contributed by atoms with Gasteiger partial charge in [-0.05, 0) is 30.2 Å². The number of hydrogen-bond donors (Lipinski definition) is 1. The number of nitrogens with one attached hydrogen (secondary N) is 1. The number of halogens is 1. The number of hydrogen-bond acceptors (Lipinski definition) is 1. The summed E-state index contributed by atoms with van der Waals surface area (Å²) in [7, 11) is 0. The second kappa shape index (κ2) is 4.97. The zero-order valence-corrected chi connectivity index (χ0v) is 8.23. The minimum Gasteiger partial charge on any atom is -0.313 e. The molecule has 0 radical (unpaired) electrons. The van der Waals surface area contributed by atoms with E-state index < -0.39 is 0 Å². The normalized spacial score (nSPS) is 10.4. The molecular formula is C11H16FN. The summed E-state index contributed by atoms with van der Waals surface area (Å²) in [5.41, 5.74) is 1.80. The molecule has 1 N–H and O–H groups in total. The lowest BCUT2D eigenvalue weighted by Crippen LogP contribution is -2.11. The maximum atomic E-state index is 13.2. The van der Waals surface area contributed by atoms with Crippen molar-refractivity contribution in [2.24, 2.45) is 0 Å². The highest BCUT2D eigenvalue weighted by atomic mass is 19.1. The molecule has 0 spiro atoms. The van der Waals surface area contributed by atoms with Gasteiger partial charge >= 0.3 is 0 Å². The smallest absolute Gasteiger partial charge is 0.126 e. The molecule has 0 aromatic heterocycles. The monoisotopic (exact) mass is 181 g/mol. The van der Waals surface area contributed by atoms with Crippen LogP contribution in [0.25, 0.3) is 0 Å².